The SMILES string of the molecule is CCC1CCCC(N)(CCO)C1. The Labute approximate surface area is 75.2 Å². The van der Waals surface area contributed by atoms with E-state index in [4.69, 9.17) is 10.8 Å². The Bertz CT molecular complexity index is 134. The van der Waals surface area contributed by atoms with Crippen LogP contribution in [0, 0.1) is 5.92 Å². The van der Waals surface area contributed by atoms with Crippen LogP contribution in [0.25, 0.3) is 0 Å². The van der Waals surface area contributed by atoms with E-state index in [0.717, 1.165) is 25.2 Å². The summed E-state index contributed by atoms with van der Waals surface area (Å²) in [6, 6.07) is 0. The van der Waals surface area contributed by atoms with Gasteiger partial charge in [-0.1, -0.05) is 26.2 Å². The predicted molar refractivity (Wildman–Crippen MR) is 50.9 cm³/mol. The minimum atomic E-state index is -0.0479. The normalized spacial score (nSPS) is 36.8. The maximum atomic E-state index is 8.86. The summed E-state index contributed by atoms with van der Waals surface area (Å²) in [6.45, 7) is 2.47. The third-order valence-electron chi connectivity index (χ3n) is 3.17. The lowest BCUT2D eigenvalue weighted by molar-refractivity contribution is 0.167. The first-order valence-electron chi connectivity index (χ1n) is 5.10. The van der Waals surface area contributed by atoms with Crippen molar-refractivity contribution < 1.29 is 5.11 Å². The van der Waals surface area contributed by atoms with Gasteiger partial charge in [0.15, 0.2) is 0 Å². The second-order valence-corrected chi connectivity index (χ2v) is 4.21. The highest BCUT2D eigenvalue weighted by Gasteiger charge is 2.31. The van der Waals surface area contributed by atoms with Crippen LogP contribution in [0.5, 0.6) is 0 Å². The number of hydrogen-bond acceptors (Lipinski definition) is 2. The lowest BCUT2D eigenvalue weighted by Crippen LogP contribution is -2.44. The molecule has 0 saturated heterocycles. The molecular formula is C10H21NO. The van der Waals surface area contributed by atoms with E-state index in [0.29, 0.717) is 0 Å². The standard InChI is InChI=1S/C10H21NO/c1-2-9-4-3-5-10(11,8-9)6-7-12/h9,12H,2-8,11H2,1H3. The quantitative estimate of drug-likeness (QED) is 0.678. The molecule has 0 aromatic heterocycles. The zero-order valence-corrected chi connectivity index (χ0v) is 8.05. The topological polar surface area (TPSA) is 46.2 Å². The van der Waals surface area contributed by atoms with Crippen molar-refractivity contribution in [2.45, 2.75) is 51.0 Å². The van der Waals surface area contributed by atoms with Crippen LogP contribution in [0.2, 0.25) is 0 Å². The Morgan fingerprint density at radius 3 is 2.92 bits per heavy atom. The fourth-order valence-corrected chi connectivity index (χ4v) is 2.32. The van der Waals surface area contributed by atoms with E-state index < -0.39 is 0 Å². The summed E-state index contributed by atoms with van der Waals surface area (Å²) >= 11 is 0. The molecule has 0 aromatic rings. The smallest absolute Gasteiger partial charge is 0.0448 e. The van der Waals surface area contributed by atoms with Crippen molar-refractivity contribution in [1.29, 1.82) is 0 Å². The fraction of sp³-hybridized carbons (Fsp3) is 1.00. The van der Waals surface area contributed by atoms with Gasteiger partial charge in [0.2, 0.25) is 0 Å². The molecule has 2 nitrogen and oxygen atoms in total. The first-order valence-corrected chi connectivity index (χ1v) is 5.10. The molecule has 2 unspecified atom stereocenters. The zero-order chi connectivity index (χ0) is 9.03. The summed E-state index contributed by atoms with van der Waals surface area (Å²) < 4.78 is 0. The van der Waals surface area contributed by atoms with Crippen LogP contribution in [-0.2, 0) is 0 Å². The van der Waals surface area contributed by atoms with Crippen molar-refractivity contribution in [2.24, 2.45) is 11.7 Å². The van der Waals surface area contributed by atoms with Crippen LogP contribution < -0.4 is 5.73 Å². The average molecular weight is 171 g/mol. The Kier molecular flexibility index (Phi) is 3.53. The summed E-state index contributed by atoms with van der Waals surface area (Å²) in [5, 5.41) is 8.86. The van der Waals surface area contributed by atoms with Gasteiger partial charge in [-0.15, -0.1) is 0 Å². The third kappa shape index (κ3) is 2.46. The molecule has 0 aliphatic heterocycles. The maximum Gasteiger partial charge on any atom is 0.0448 e. The number of nitrogens with two attached hydrogens (primary N) is 1. The second-order valence-electron chi connectivity index (χ2n) is 4.21. The van der Waals surface area contributed by atoms with Crippen molar-refractivity contribution >= 4 is 0 Å². The van der Waals surface area contributed by atoms with Gasteiger partial charge in [-0.2, -0.15) is 0 Å². The van der Waals surface area contributed by atoms with Crippen molar-refractivity contribution in [3.63, 3.8) is 0 Å². The zero-order valence-electron chi connectivity index (χ0n) is 8.05. The molecular weight excluding hydrogens is 150 g/mol. The molecule has 0 bridgehead atoms. The van der Waals surface area contributed by atoms with Crippen molar-refractivity contribution in [1.82, 2.24) is 0 Å². The van der Waals surface area contributed by atoms with E-state index in [1.807, 2.05) is 0 Å². The molecule has 1 rings (SSSR count). The van der Waals surface area contributed by atoms with Gasteiger partial charge in [0.05, 0.1) is 0 Å². The Morgan fingerprint density at radius 1 is 1.58 bits per heavy atom. The molecule has 1 saturated carbocycles. The van der Waals surface area contributed by atoms with Gasteiger partial charge in [-0.25, -0.2) is 0 Å². The summed E-state index contributed by atoms with van der Waals surface area (Å²) in [7, 11) is 0. The molecule has 72 valence electrons. The van der Waals surface area contributed by atoms with Gasteiger partial charge >= 0.3 is 0 Å². The highest BCUT2D eigenvalue weighted by atomic mass is 16.3. The summed E-state index contributed by atoms with van der Waals surface area (Å²) in [5.41, 5.74) is 6.13. The number of rotatable bonds is 3. The van der Waals surface area contributed by atoms with Crippen LogP contribution in [-0.4, -0.2) is 17.3 Å². The largest absolute Gasteiger partial charge is 0.396 e. The highest BCUT2D eigenvalue weighted by Crippen LogP contribution is 2.34. The van der Waals surface area contributed by atoms with Crippen molar-refractivity contribution in [2.75, 3.05) is 6.61 Å². The van der Waals surface area contributed by atoms with Crippen molar-refractivity contribution in [3.05, 3.63) is 0 Å². The second kappa shape index (κ2) is 4.24. The van der Waals surface area contributed by atoms with E-state index in [1.54, 1.807) is 0 Å². The lowest BCUT2D eigenvalue weighted by Gasteiger charge is -2.37. The van der Waals surface area contributed by atoms with Gasteiger partial charge in [-0.3, -0.25) is 0 Å². The summed E-state index contributed by atoms with van der Waals surface area (Å²) in [6.07, 6.45) is 6.82. The molecule has 1 aliphatic rings. The minimum absolute atomic E-state index is 0.0479. The first-order chi connectivity index (χ1) is 5.70. The van der Waals surface area contributed by atoms with Crippen LogP contribution in [0.15, 0.2) is 0 Å². The molecule has 0 spiro atoms. The van der Waals surface area contributed by atoms with E-state index >= 15 is 0 Å². The molecule has 1 aliphatic carbocycles. The van der Waals surface area contributed by atoms with Gasteiger partial charge in [0.25, 0.3) is 0 Å². The van der Waals surface area contributed by atoms with Crippen LogP contribution in [0.3, 0.4) is 0 Å². The Hall–Kier alpha value is -0.0800. The Balaban J connectivity index is 2.43. The highest BCUT2D eigenvalue weighted by molar-refractivity contribution is 4.89. The molecule has 12 heavy (non-hydrogen) atoms. The molecule has 3 N–H and O–H groups in total. The number of hydrogen-bond donors (Lipinski definition) is 2. The van der Waals surface area contributed by atoms with Crippen LogP contribution >= 0.6 is 0 Å². The van der Waals surface area contributed by atoms with Crippen molar-refractivity contribution in [3.8, 4) is 0 Å². The number of aliphatic hydroxyl groups is 1. The molecule has 2 heteroatoms. The van der Waals surface area contributed by atoms with Crippen LogP contribution in [0.1, 0.15) is 45.4 Å². The molecule has 0 aromatic carbocycles. The average Bonchev–Trinajstić information content (AvgIpc) is 2.04. The molecule has 1 fully saturated rings. The van der Waals surface area contributed by atoms with E-state index in [1.165, 1.54) is 19.3 Å². The van der Waals surface area contributed by atoms with Gasteiger partial charge in [0.1, 0.15) is 0 Å². The Morgan fingerprint density at radius 2 is 2.33 bits per heavy atom. The van der Waals surface area contributed by atoms with E-state index in [-0.39, 0.29) is 12.1 Å². The van der Waals surface area contributed by atoms with Crippen LogP contribution in [0.4, 0.5) is 0 Å². The maximum absolute atomic E-state index is 8.86. The molecule has 2 atom stereocenters. The monoisotopic (exact) mass is 171 g/mol. The van der Waals surface area contributed by atoms with E-state index in [2.05, 4.69) is 6.92 Å². The molecule has 0 radical (unpaired) electrons. The third-order valence-corrected chi connectivity index (χ3v) is 3.17. The predicted octanol–water partition coefficient (Wildman–Crippen LogP) is 1.67. The van der Waals surface area contributed by atoms with Gasteiger partial charge in [0, 0.05) is 12.1 Å². The molecule has 0 heterocycles. The van der Waals surface area contributed by atoms with Gasteiger partial charge in [-0.05, 0) is 25.2 Å². The fourth-order valence-electron chi connectivity index (χ4n) is 2.32. The summed E-state index contributed by atoms with van der Waals surface area (Å²) in [4.78, 5) is 0. The van der Waals surface area contributed by atoms with Gasteiger partial charge < -0.3 is 10.8 Å². The lowest BCUT2D eigenvalue weighted by atomic mass is 9.74. The summed E-state index contributed by atoms with van der Waals surface area (Å²) in [5.74, 6) is 0.801. The minimum Gasteiger partial charge on any atom is -0.396 e. The van der Waals surface area contributed by atoms with E-state index in [9.17, 15) is 0 Å². The first kappa shape index (κ1) is 10.0. The number of aliphatic hydroxyl groups excluding tert-OH is 1. The molecule has 0 amide bonds.